The number of hydrogen-bond acceptors (Lipinski definition) is 7. The summed E-state index contributed by atoms with van der Waals surface area (Å²) in [5.74, 6) is -8.73. The summed E-state index contributed by atoms with van der Waals surface area (Å²) < 4.78 is 13.9. The maximum absolute atomic E-state index is 15.5. The van der Waals surface area contributed by atoms with Crippen LogP contribution in [0.25, 0.3) is 10.8 Å². The minimum Gasteiger partial charge on any atom is -0.508 e. The number of amides is 4. The number of rotatable bonds is 6. The second kappa shape index (κ2) is 12.6. The number of carbonyl (C=O) groups is 5. The maximum Gasteiger partial charge on any atom is 0.335 e. The Bertz CT molecular complexity index is 2520. The molecule has 0 spiro atoms. The van der Waals surface area contributed by atoms with Gasteiger partial charge in [0.15, 0.2) is 0 Å². The largest absolute Gasteiger partial charge is 0.508 e. The lowest BCUT2D eigenvalue weighted by atomic mass is 9.48. The molecule has 5 aromatic rings. The van der Waals surface area contributed by atoms with Crippen LogP contribution in [0.2, 0.25) is 5.02 Å². The number of hydrazine groups is 1. The maximum atomic E-state index is 15.5. The van der Waals surface area contributed by atoms with Gasteiger partial charge in [0.2, 0.25) is 11.8 Å². The fourth-order valence-electron chi connectivity index (χ4n) is 9.59. The first-order valence-corrected chi connectivity index (χ1v) is 18.2. The van der Waals surface area contributed by atoms with Crippen LogP contribution in [0.15, 0.2) is 121 Å². The summed E-state index contributed by atoms with van der Waals surface area (Å²) in [4.78, 5) is 72.0. The van der Waals surface area contributed by atoms with E-state index >= 15 is 4.79 Å². The number of nitrogens with one attached hydrogen (secondary N) is 1. The van der Waals surface area contributed by atoms with Crippen molar-refractivity contribution in [2.45, 2.75) is 24.2 Å². The number of nitrogens with zero attached hydrogens (tertiary/aromatic N) is 2. The Morgan fingerprint density at radius 2 is 1.58 bits per heavy atom. The smallest absolute Gasteiger partial charge is 0.335 e. The molecule has 0 aromatic heterocycles. The Morgan fingerprint density at radius 1 is 0.836 bits per heavy atom. The molecular weight excluding hydrogens is 725 g/mol. The van der Waals surface area contributed by atoms with E-state index in [2.05, 4.69) is 5.43 Å². The van der Waals surface area contributed by atoms with Gasteiger partial charge in [0, 0.05) is 16.5 Å². The monoisotopic (exact) mass is 755 g/mol. The van der Waals surface area contributed by atoms with Gasteiger partial charge >= 0.3 is 5.97 Å². The molecule has 0 bridgehead atoms. The number of phenolic OH excluding ortho intramolecular Hbond substituents is 1. The number of benzene rings is 5. The number of carbonyl (C=O) groups excluding carboxylic acids is 4. The SMILES string of the molecule is O=C(O)c1cccc(N2C(=O)[C@H]3[C@H](CC=C4[C@H]3C[C@H]3C(=O)N(Nc5ccc(F)cc5)C(=O)[C@@]3(c3ccc(Cl)cc3)[C@H]4c3c(O)ccc4ccccc34)C2=O)c1. The number of carboxylic acid groups (broad SMARTS) is 1. The number of aromatic carboxylic acids is 1. The highest BCUT2D eigenvalue weighted by Gasteiger charge is 2.71. The molecule has 2 saturated heterocycles. The third-order valence-electron chi connectivity index (χ3n) is 11.8. The molecule has 55 heavy (non-hydrogen) atoms. The molecule has 2 aliphatic heterocycles. The van der Waals surface area contributed by atoms with Crippen LogP contribution < -0.4 is 10.3 Å². The van der Waals surface area contributed by atoms with E-state index in [0.29, 0.717) is 27.1 Å². The molecule has 9 rings (SSSR count). The molecule has 12 heteroatoms. The van der Waals surface area contributed by atoms with E-state index in [1.54, 1.807) is 36.4 Å². The summed E-state index contributed by atoms with van der Waals surface area (Å²) in [6.45, 7) is 0. The normalized spacial score (nSPS) is 25.8. The average molecular weight is 756 g/mol. The van der Waals surface area contributed by atoms with Gasteiger partial charge in [-0.05, 0) is 95.8 Å². The highest BCUT2D eigenvalue weighted by molar-refractivity contribution is 6.30. The van der Waals surface area contributed by atoms with Crippen molar-refractivity contribution in [3.63, 3.8) is 0 Å². The fraction of sp³-hybridized carbons (Fsp3) is 0.186. The Labute approximate surface area is 318 Å². The lowest BCUT2D eigenvalue weighted by Gasteiger charge is -2.51. The highest BCUT2D eigenvalue weighted by Crippen LogP contribution is 2.65. The van der Waals surface area contributed by atoms with Crippen LogP contribution in [0.1, 0.15) is 40.2 Å². The Hall–Kier alpha value is -6.33. The van der Waals surface area contributed by atoms with Gasteiger partial charge in [-0.25, -0.2) is 9.18 Å². The van der Waals surface area contributed by atoms with E-state index in [1.807, 2.05) is 30.3 Å². The van der Waals surface area contributed by atoms with E-state index in [-0.39, 0.29) is 35.5 Å². The third-order valence-corrected chi connectivity index (χ3v) is 12.1. The first-order chi connectivity index (χ1) is 26.5. The van der Waals surface area contributed by atoms with E-state index < -0.39 is 70.4 Å². The summed E-state index contributed by atoms with van der Waals surface area (Å²) in [5.41, 5.74) is 3.03. The molecule has 1 saturated carbocycles. The van der Waals surface area contributed by atoms with Crippen LogP contribution in [-0.4, -0.2) is 44.8 Å². The molecule has 274 valence electrons. The standard InChI is InChI=1S/C43H31ClFN3O7/c44-25-11-9-24(10-12-25)43-33(39(51)48(42(43)55)46-27-15-13-26(45)14-16-27)21-32-30(37(43)36-29-7-2-1-4-22(29)8-19-34(36)49)17-18-31-35(32)40(52)47(38(31)50)28-6-3-5-23(20-28)41(53)54/h1-17,19-20,31-33,35,37,46,49H,18,21H2,(H,53,54)/t31-,32+,33-,35-,37+,43+/m0/s1. The van der Waals surface area contributed by atoms with Crippen molar-refractivity contribution in [3.8, 4) is 5.75 Å². The molecule has 6 atom stereocenters. The van der Waals surface area contributed by atoms with Crippen LogP contribution in [0.3, 0.4) is 0 Å². The van der Waals surface area contributed by atoms with Crippen molar-refractivity contribution in [3.05, 3.63) is 148 Å². The van der Waals surface area contributed by atoms with Crippen LogP contribution in [0, 0.1) is 29.5 Å². The van der Waals surface area contributed by atoms with Crippen LogP contribution in [-0.2, 0) is 24.6 Å². The summed E-state index contributed by atoms with van der Waals surface area (Å²) in [6, 6.07) is 28.2. The first kappa shape index (κ1) is 34.4. The van der Waals surface area contributed by atoms with Gasteiger partial charge in [-0.3, -0.25) is 29.5 Å². The number of carboxylic acids is 1. The fourth-order valence-corrected chi connectivity index (χ4v) is 9.72. The number of phenols is 1. The quantitative estimate of drug-likeness (QED) is 0.122. The van der Waals surface area contributed by atoms with Gasteiger partial charge in [-0.1, -0.05) is 71.8 Å². The molecule has 3 N–H and O–H groups in total. The molecule has 0 unspecified atom stereocenters. The van der Waals surface area contributed by atoms with Crippen LogP contribution in [0.4, 0.5) is 15.8 Å². The third kappa shape index (κ3) is 5.02. The van der Waals surface area contributed by atoms with Crippen molar-refractivity contribution in [2.24, 2.45) is 23.7 Å². The summed E-state index contributed by atoms with van der Waals surface area (Å²) in [5, 5.41) is 24.3. The number of anilines is 2. The molecule has 3 fully saturated rings. The number of halogens is 2. The van der Waals surface area contributed by atoms with E-state index in [1.165, 1.54) is 48.5 Å². The molecule has 4 amide bonds. The molecule has 2 heterocycles. The number of hydrogen-bond donors (Lipinski definition) is 3. The molecule has 5 aromatic carbocycles. The lowest BCUT2D eigenvalue weighted by molar-refractivity contribution is -0.138. The van der Waals surface area contributed by atoms with Gasteiger partial charge in [0.05, 0.1) is 40.1 Å². The zero-order valence-corrected chi connectivity index (χ0v) is 29.6. The summed E-state index contributed by atoms with van der Waals surface area (Å²) >= 11 is 6.39. The van der Waals surface area contributed by atoms with E-state index in [0.717, 1.165) is 15.3 Å². The second-order valence-corrected chi connectivity index (χ2v) is 14.9. The van der Waals surface area contributed by atoms with E-state index in [9.17, 15) is 33.8 Å². The first-order valence-electron chi connectivity index (χ1n) is 17.8. The van der Waals surface area contributed by atoms with Gasteiger partial charge in [-0.15, -0.1) is 0 Å². The highest BCUT2D eigenvalue weighted by atomic mass is 35.5. The van der Waals surface area contributed by atoms with Gasteiger partial charge in [-0.2, -0.15) is 5.01 Å². The molecular formula is C43H31ClFN3O7. The van der Waals surface area contributed by atoms with Crippen LogP contribution in [0.5, 0.6) is 5.75 Å². The Kier molecular flexibility index (Phi) is 7.91. The predicted octanol–water partition coefficient (Wildman–Crippen LogP) is 7.23. The average Bonchev–Trinajstić information content (AvgIpc) is 3.57. The van der Waals surface area contributed by atoms with Crippen molar-refractivity contribution in [1.82, 2.24) is 5.01 Å². The molecule has 0 radical (unpaired) electrons. The molecule has 2 aliphatic carbocycles. The molecule has 10 nitrogen and oxygen atoms in total. The van der Waals surface area contributed by atoms with E-state index in [4.69, 9.17) is 11.6 Å². The second-order valence-electron chi connectivity index (χ2n) is 14.5. The number of imide groups is 2. The van der Waals surface area contributed by atoms with Crippen molar-refractivity contribution in [1.29, 1.82) is 0 Å². The summed E-state index contributed by atoms with van der Waals surface area (Å²) in [6.07, 6.45) is 1.99. The zero-order chi connectivity index (χ0) is 38.3. The minimum absolute atomic E-state index is 0.00808. The van der Waals surface area contributed by atoms with Crippen molar-refractivity contribution < 1.29 is 38.6 Å². The zero-order valence-electron chi connectivity index (χ0n) is 28.9. The predicted molar refractivity (Wildman–Crippen MR) is 201 cm³/mol. The minimum atomic E-state index is -1.69. The summed E-state index contributed by atoms with van der Waals surface area (Å²) in [7, 11) is 0. The van der Waals surface area contributed by atoms with Crippen molar-refractivity contribution >= 4 is 63.3 Å². The number of fused-ring (bicyclic) bond motifs is 5. The Morgan fingerprint density at radius 3 is 2.33 bits per heavy atom. The topological polar surface area (TPSA) is 144 Å². The van der Waals surface area contributed by atoms with Crippen molar-refractivity contribution in [2.75, 3.05) is 10.3 Å². The Balaban J connectivity index is 1.27. The lowest BCUT2D eigenvalue weighted by Crippen LogP contribution is -2.53. The van der Waals surface area contributed by atoms with Gasteiger partial charge in [0.25, 0.3) is 11.8 Å². The molecule has 4 aliphatic rings. The van der Waals surface area contributed by atoms with Crippen LogP contribution >= 0.6 is 11.6 Å². The number of allylic oxidation sites excluding steroid dienone is 2. The van der Waals surface area contributed by atoms with Gasteiger partial charge < -0.3 is 10.2 Å². The van der Waals surface area contributed by atoms with Gasteiger partial charge in [0.1, 0.15) is 11.6 Å². The number of aromatic hydroxyl groups is 1.